The zero-order chi connectivity index (χ0) is 14.9. The minimum Gasteiger partial charge on any atom is -0.478 e. The maximum atomic E-state index is 13.3. The molecule has 0 spiro atoms. The van der Waals surface area contributed by atoms with Gasteiger partial charge in [0.2, 0.25) is 0 Å². The quantitative estimate of drug-likeness (QED) is 0.873. The van der Waals surface area contributed by atoms with Gasteiger partial charge in [0.1, 0.15) is 11.6 Å². The molecule has 2 rings (SSSR count). The summed E-state index contributed by atoms with van der Waals surface area (Å²) in [5, 5.41) is 8.64. The van der Waals surface area contributed by atoms with Crippen LogP contribution in [0.2, 0.25) is 0 Å². The Hall–Kier alpha value is -2.43. The van der Waals surface area contributed by atoms with Crippen molar-refractivity contribution in [2.75, 3.05) is 0 Å². The van der Waals surface area contributed by atoms with Crippen LogP contribution in [0.1, 0.15) is 17.0 Å². The molecule has 0 aliphatic heterocycles. The lowest BCUT2D eigenvalue weighted by molar-refractivity contribution is -0.131. The second kappa shape index (κ2) is 5.28. The van der Waals surface area contributed by atoms with E-state index in [4.69, 9.17) is 5.11 Å². The van der Waals surface area contributed by atoms with Crippen molar-refractivity contribution >= 4 is 12.0 Å². The van der Waals surface area contributed by atoms with E-state index in [9.17, 15) is 13.6 Å². The smallest absolute Gasteiger partial charge is 0.328 e. The van der Waals surface area contributed by atoms with Gasteiger partial charge in [-0.1, -0.05) is 0 Å². The number of aromatic nitrogens is 1. The summed E-state index contributed by atoms with van der Waals surface area (Å²) in [4.78, 5) is 10.5. The topological polar surface area (TPSA) is 42.2 Å². The molecule has 104 valence electrons. The van der Waals surface area contributed by atoms with Crippen LogP contribution in [0.3, 0.4) is 0 Å². The number of rotatable bonds is 3. The third-order valence-corrected chi connectivity index (χ3v) is 2.98. The molecule has 1 N–H and O–H groups in total. The minimum absolute atomic E-state index is 0.368. The highest BCUT2D eigenvalue weighted by Crippen LogP contribution is 2.23. The summed E-state index contributed by atoms with van der Waals surface area (Å²) in [6.07, 6.45) is 2.48. The van der Waals surface area contributed by atoms with Gasteiger partial charge in [-0.25, -0.2) is 13.6 Å². The Morgan fingerprint density at radius 3 is 2.30 bits per heavy atom. The summed E-state index contributed by atoms with van der Waals surface area (Å²) in [6, 6.07) is 5.03. The van der Waals surface area contributed by atoms with Crippen LogP contribution in [-0.4, -0.2) is 15.6 Å². The number of carboxylic acid groups (broad SMARTS) is 1. The van der Waals surface area contributed by atoms with Crippen molar-refractivity contribution in [2.24, 2.45) is 0 Å². The molecule has 1 heterocycles. The van der Waals surface area contributed by atoms with Crippen molar-refractivity contribution in [1.29, 1.82) is 0 Å². The summed E-state index contributed by atoms with van der Waals surface area (Å²) in [7, 11) is 0. The van der Waals surface area contributed by atoms with Gasteiger partial charge < -0.3 is 9.67 Å². The van der Waals surface area contributed by atoms with Gasteiger partial charge in [-0.2, -0.15) is 0 Å². The van der Waals surface area contributed by atoms with Crippen molar-refractivity contribution in [3.05, 3.63) is 58.9 Å². The van der Waals surface area contributed by atoms with Crippen molar-refractivity contribution in [2.45, 2.75) is 13.8 Å². The molecule has 0 unspecified atom stereocenters. The molecule has 1 aromatic heterocycles. The van der Waals surface area contributed by atoms with Crippen LogP contribution in [0, 0.1) is 25.5 Å². The first-order chi connectivity index (χ1) is 9.38. The molecule has 0 bridgehead atoms. The number of hydrogen-bond acceptors (Lipinski definition) is 1. The lowest BCUT2D eigenvalue weighted by Crippen LogP contribution is -2.00. The molecule has 0 saturated carbocycles. The van der Waals surface area contributed by atoms with Crippen LogP contribution in [0.4, 0.5) is 8.78 Å². The summed E-state index contributed by atoms with van der Waals surface area (Å²) in [6.45, 7) is 3.55. The predicted molar refractivity (Wildman–Crippen MR) is 71.8 cm³/mol. The molecule has 0 fully saturated rings. The van der Waals surface area contributed by atoms with Gasteiger partial charge in [-0.3, -0.25) is 0 Å². The zero-order valence-corrected chi connectivity index (χ0v) is 11.0. The van der Waals surface area contributed by atoms with E-state index in [1.54, 1.807) is 24.5 Å². The summed E-state index contributed by atoms with van der Waals surface area (Å²) in [5.74, 6) is -2.36. The number of halogens is 2. The van der Waals surface area contributed by atoms with E-state index in [1.807, 2.05) is 0 Å². The molecule has 0 radical (unpaired) electrons. The average Bonchev–Trinajstić information content (AvgIpc) is 2.60. The van der Waals surface area contributed by atoms with E-state index in [1.165, 1.54) is 18.2 Å². The Labute approximate surface area is 114 Å². The van der Waals surface area contributed by atoms with Crippen molar-refractivity contribution in [1.82, 2.24) is 4.57 Å². The number of carboxylic acids is 1. The van der Waals surface area contributed by atoms with Gasteiger partial charge in [0.15, 0.2) is 0 Å². The average molecular weight is 277 g/mol. The van der Waals surface area contributed by atoms with Crippen molar-refractivity contribution in [3.8, 4) is 5.69 Å². The molecular weight excluding hydrogens is 264 g/mol. The fourth-order valence-electron chi connectivity index (χ4n) is 2.18. The summed E-state index contributed by atoms with van der Waals surface area (Å²) >= 11 is 0. The highest BCUT2D eigenvalue weighted by molar-refractivity contribution is 5.85. The van der Waals surface area contributed by atoms with Crippen molar-refractivity contribution < 1.29 is 18.7 Å². The highest BCUT2D eigenvalue weighted by Gasteiger charge is 2.11. The lowest BCUT2D eigenvalue weighted by atomic mass is 10.2. The third kappa shape index (κ3) is 2.77. The van der Waals surface area contributed by atoms with E-state index in [0.29, 0.717) is 16.9 Å². The van der Waals surface area contributed by atoms with Gasteiger partial charge in [0.05, 0.1) is 5.69 Å². The van der Waals surface area contributed by atoms with Gasteiger partial charge in [0, 0.05) is 23.5 Å². The Morgan fingerprint density at radius 2 is 1.75 bits per heavy atom. The first-order valence-corrected chi connectivity index (χ1v) is 5.95. The Bertz CT molecular complexity index is 682. The number of nitrogens with zero attached hydrogens (tertiary/aromatic N) is 1. The fourth-order valence-corrected chi connectivity index (χ4v) is 2.18. The van der Waals surface area contributed by atoms with Gasteiger partial charge in [-0.05, 0) is 43.7 Å². The number of benzene rings is 1. The van der Waals surface area contributed by atoms with Crippen LogP contribution in [0.5, 0.6) is 0 Å². The second-order valence-electron chi connectivity index (χ2n) is 4.46. The minimum atomic E-state index is -1.05. The first kappa shape index (κ1) is 14.0. The van der Waals surface area contributed by atoms with Crippen LogP contribution in [0.15, 0.2) is 30.3 Å². The molecule has 0 saturated heterocycles. The highest BCUT2D eigenvalue weighted by atomic mass is 19.1. The number of hydrogen-bond donors (Lipinski definition) is 1. The zero-order valence-electron chi connectivity index (χ0n) is 11.0. The Kier molecular flexibility index (Phi) is 3.70. The van der Waals surface area contributed by atoms with Gasteiger partial charge in [-0.15, -0.1) is 0 Å². The second-order valence-corrected chi connectivity index (χ2v) is 4.46. The molecule has 1 aromatic carbocycles. The standard InChI is InChI=1S/C15H13F2NO2/c1-9-5-11(3-4-15(19)20)10(2)18(9)14-7-12(16)6-13(17)8-14/h3-8H,1-2H3,(H,19,20). The van der Waals surface area contributed by atoms with E-state index in [2.05, 4.69) is 0 Å². The molecule has 0 aliphatic carbocycles. The molecule has 0 atom stereocenters. The van der Waals surface area contributed by atoms with Crippen LogP contribution in [-0.2, 0) is 4.79 Å². The summed E-state index contributed by atoms with van der Waals surface area (Å²) < 4.78 is 28.3. The van der Waals surface area contributed by atoms with Crippen LogP contribution in [0.25, 0.3) is 11.8 Å². The number of aryl methyl sites for hydroxylation is 1. The lowest BCUT2D eigenvalue weighted by Gasteiger charge is -2.10. The van der Waals surface area contributed by atoms with Gasteiger partial charge in [0.25, 0.3) is 0 Å². The largest absolute Gasteiger partial charge is 0.478 e. The molecule has 2 aromatic rings. The van der Waals surface area contributed by atoms with E-state index >= 15 is 0 Å². The summed E-state index contributed by atoms with van der Waals surface area (Å²) in [5.41, 5.74) is 2.53. The normalized spacial score (nSPS) is 11.2. The molecule has 3 nitrogen and oxygen atoms in total. The van der Waals surface area contributed by atoms with Crippen LogP contribution < -0.4 is 0 Å². The van der Waals surface area contributed by atoms with Crippen LogP contribution >= 0.6 is 0 Å². The predicted octanol–water partition coefficient (Wildman–Crippen LogP) is 3.47. The molecule has 0 amide bonds. The molecular formula is C15H13F2NO2. The molecule has 20 heavy (non-hydrogen) atoms. The maximum Gasteiger partial charge on any atom is 0.328 e. The monoisotopic (exact) mass is 277 g/mol. The molecule has 0 aliphatic rings. The first-order valence-electron chi connectivity index (χ1n) is 5.95. The fraction of sp³-hybridized carbons (Fsp3) is 0.133. The Balaban J connectivity index is 2.55. The van der Waals surface area contributed by atoms with E-state index in [-0.39, 0.29) is 0 Å². The number of carbonyl (C=O) groups is 1. The number of aliphatic carboxylic acids is 1. The maximum absolute atomic E-state index is 13.3. The SMILES string of the molecule is Cc1cc(C=CC(=O)O)c(C)n1-c1cc(F)cc(F)c1. The van der Waals surface area contributed by atoms with E-state index in [0.717, 1.165) is 17.8 Å². The third-order valence-electron chi connectivity index (χ3n) is 2.98. The Morgan fingerprint density at radius 1 is 1.15 bits per heavy atom. The van der Waals surface area contributed by atoms with E-state index < -0.39 is 17.6 Å². The van der Waals surface area contributed by atoms with Gasteiger partial charge >= 0.3 is 5.97 Å². The van der Waals surface area contributed by atoms with Crippen molar-refractivity contribution in [3.63, 3.8) is 0 Å². The molecule has 5 heteroatoms.